The molecule has 1 aliphatic rings. The summed E-state index contributed by atoms with van der Waals surface area (Å²) in [5, 5.41) is 0. The van der Waals surface area contributed by atoms with E-state index in [1.807, 2.05) is 12.2 Å². The number of rotatable bonds is 8. The van der Waals surface area contributed by atoms with E-state index in [1.54, 1.807) is 6.08 Å². The Kier molecular flexibility index (Phi) is 21.3. The Balaban J connectivity index is 0. The van der Waals surface area contributed by atoms with Crippen LogP contribution in [-0.2, 0) is 0 Å². The summed E-state index contributed by atoms with van der Waals surface area (Å²) in [5.41, 5.74) is 5.07. The molecule has 0 aromatic rings. The fourth-order valence-corrected chi connectivity index (χ4v) is 1.92. The standard InChI is InChI=1S/C9H17N.C6H13N.C4H9N/c1-2-3-7-10-8-5-4-6-9-10;1-4-5-6-7(2)3;1-2-3-4-5/h2H,1,3-9H2;4H,1,5-6H2,2-3H3;2H,1,3-5H2. The van der Waals surface area contributed by atoms with Crippen LogP contribution in [0.4, 0.5) is 0 Å². The highest BCUT2D eigenvalue weighted by atomic mass is 15.1. The first kappa shape index (κ1) is 23.4. The fourth-order valence-electron chi connectivity index (χ4n) is 1.92. The Labute approximate surface area is 139 Å². The lowest BCUT2D eigenvalue weighted by Crippen LogP contribution is -2.30. The molecule has 1 aliphatic heterocycles. The molecule has 0 aromatic carbocycles. The zero-order valence-electron chi connectivity index (χ0n) is 15.1. The molecule has 0 radical (unpaired) electrons. The van der Waals surface area contributed by atoms with Gasteiger partial charge in [0.2, 0.25) is 0 Å². The van der Waals surface area contributed by atoms with Gasteiger partial charge in [0.1, 0.15) is 0 Å². The van der Waals surface area contributed by atoms with Crippen molar-refractivity contribution in [3.8, 4) is 0 Å². The molecule has 130 valence electrons. The van der Waals surface area contributed by atoms with Gasteiger partial charge >= 0.3 is 0 Å². The summed E-state index contributed by atoms with van der Waals surface area (Å²) >= 11 is 0. The van der Waals surface area contributed by atoms with Gasteiger partial charge < -0.3 is 15.5 Å². The highest BCUT2D eigenvalue weighted by molar-refractivity contribution is 4.71. The van der Waals surface area contributed by atoms with Crippen LogP contribution in [0, 0.1) is 0 Å². The van der Waals surface area contributed by atoms with Gasteiger partial charge in [-0.1, -0.05) is 24.6 Å². The molecule has 0 spiro atoms. The maximum absolute atomic E-state index is 5.07. The van der Waals surface area contributed by atoms with Crippen molar-refractivity contribution in [3.05, 3.63) is 38.0 Å². The molecule has 0 atom stereocenters. The average Bonchev–Trinajstić information content (AvgIpc) is 2.54. The minimum atomic E-state index is 0.726. The van der Waals surface area contributed by atoms with Crippen molar-refractivity contribution >= 4 is 0 Å². The molecule has 3 heteroatoms. The first-order valence-electron chi connectivity index (χ1n) is 8.52. The highest BCUT2D eigenvalue weighted by Crippen LogP contribution is 2.08. The predicted octanol–water partition coefficient (Wildman–Crippen LogP) is 3.69. The van der Waals surface area contributed by atoms with E-state index in [0.29, 0.717) is 0 Å². The fraction of sp³-hybridized carbons (Fsp3) is 0.684. The summed E-state index contributed by atoms with van der Waals surface area (Å²) in [6.45, 7) is 16.5. The Morgan fingerprint density at radius 1 is 0.909 bits per heavy atom. The van der Waals surface area contributed by atoms with Crippen molar-refractivity contribution in [2.75, 3.05) is 46.8 Å². The number of nitrogens with two attached hydrogens (primary N) is 1. The van der Waals surface area contributed by atoms with E-state index in [1.165, 1.54) is 38.9 Å². The second kappa shape index (κ2) is 20.1. The van der Waals surface area contributed by atoms with Crippen molar-refractivity contribution in [1.82, 2.24) is 9.80 Å². The van der Waals surface area contributed by atoms with E-state index in [2.05, 4.69) is 43.6 Å². The van der Waals surface area contributed by atoms with Crippen molar-refractivity contribution in [2.24, 2.45) is 5.73 Å². The number of nitrogens with zero attached hydrogens (tertiary/aromatic N) is 2. The molecule has 22 heavy (non-hydrogen) atoms. The first-order chi connectivity index (χ1) is 10.6. The van der Waals surface area contributed by atoms with Crippen LogP contribution >= 0.6 is 0 Å². The largest absolute Gasteiger partial charge is 0.330 e. The normalized spacial score (nSPS) is 14.2. The summed E-state index contributed by atoms with van der Waals surface area (Å²) in [6, 6.07) is 0. The second-order valence-corrected chi connectivity index (χ2v) is 5.73. The van der Waals surface area contributed by atoms with Crippen LogP contribution in [0.3, 0.4) is 0 Å². The second-order valence-electron chi connectivity index (χ2n) is 5.73. The molecular weight excluding hydrogens is 270 g/mol. The molecule has 1 heterocycles. The third kappa shape index (κ3) is 21.4. The van der Waals surface area contributed by atoms with Gasteiger partial charge in [0.25, 0.3) is 0 Å². The molecule has 1 fully saturated rings. The quantitative estimate of drug-likeness (QED) is 0.694. The molecule has 1 saturated heterocycles. The zero-order chi connectivity index (χ0) is 17.1. The molecule has 0 aliphatic carbocycles. The van der Waals surface area contributed by atoms with Gasteiger partial charge in [-0.05, 0) is 65.8 Å². The van der Waals surface area contributed by atoms with E-state index in [4.69, 9.17) is 5.73 Å². The van der Waals surface area contributed by atoms with E-state index in [0.717, 1.165) is 32.4 Å². The number of piperidine rings is 1. The number of hydrogen-bond acceptors (Lipinski definition) is 3. The summed E-state index contributed by atoms with van der Waals surface area (Å²) < 4.78 is 0. The van der Waals surface area contributed by atoms with Gasteiger partial charge in [-0.25, -0.2) is 0 Å². The van der Waals surface area contributed by atoms with Crippen molar-refractivity contribution in [1.29, 1.82) is 0 Å². The molecule has 0 saturated carbocycles. The van der Waals surface area contributed by atoms with Crippen molar-refractivity contribution < 1.29 is 0 Å². The minimum absolute atomic E-state index is 0.726. The van der Waals surface area contributed by atoms with Crippen LogP contribution in [0.25, 0.3) is 0 Å². The van der Waals surface area contributed by atoms with Crippen LogP contribution in [0.1, 0.15) is 38.5 Å². The molecular formula is C19H39N3. The first-order valence-corrected chi connectivity index (χ1v) is 8.52. The predicted molar refractivity (Wildman–Crippen MR) is 102 cm³/mol. The Bertz CT molecular complexity index is 243. The lowest BCUT2D eigenvalue weighted by Gasteiger charge is -2.25. The zero-order valence-corrected chi connectivity index (χ0v) is 15.1. The third-order valence-electron chi connectivity index (χ3n) is 3.25. The molecule has 3 nitrogen and oxygen atoms in total. The summed E-state index contributed by atoms with van der Waals surface area (Å²) in [7, 11) is 4.12. The summed E-state index contributed by atoms with van der Waals surface area (Å²) in [5.74, 6) is 0. The topological polar surface area (TPSA) is 32.5 Å². The Morgan fingerprint density at radius 3 is 1.77 bits per heavy atom. The van der Waals surface area contributed by atoms with E-state index in [-0.39, 0.29) is 0 Å². The molecule has 2 N–H and O–H groups in total. The lowest BCUT2D eigenvalue weighted by molar-refractivity contribution is 0.233. The summed E-state index contributed by atoms with van der Waals surface area (Å²) in [6.07, 6.45) is 13.2. The van der Waals surface area contributed by atoms with Gasteiger partial charge in [0, 0.05) is 13.1 Å². The molecule has 0 amide bonds. The van der Waals surface area contributed by atoms with E-state index in [9.17, 15) is 0 Å². The Morgan fingerprint density at radius 2 is 1.45 bits per heavy atom. The molecule has 0 bridgehead atoms. The minimum Gasteiger partial charge on any atom is -0.330 e. The molecule has 0 unspecified atom stereocenters. The molecule has 0 aromatic heterocycles. The number of likely N-dealkylation sites (tertiary alicyclic amines) is 1. The van der Waals surface area contributed by atoms with Gasteiger partial charge in [0.15, 0.2) is 0 Å². The number of hydrogen-bond donors (Lipinski definition) is 1. The van der Waals surface area contributed by atoms with Crippen LogP contribution < -0.4 is 5.73 Å². The van der Waals surface area contributed by atoms with Crippen LogP contribution in [0.5, 0.6) is 0 Å². The van der Waals surface area contributed by atoms with Crippen molar-refractivity contribution in [2.45, 2.75) is 38.5 Å². The monoisotopic (exact) mass is 309 g/mol. The van der Waals surface area contributed by atoms with E-state index < -0.39 is 0 Å². The van der Waals surface area contributed by atoms with Crippen LogP contribution in [-0.4, -0.2) is 56.6 Å². The van der Waals surface area contributed by atoms with Crippen LogP contribution in [0.15, 0.2) is 38.0 Å². The van der Waals surface area contributed by atoms with Gasteiger partial charge in [0.05, 0.1) is 0 Å². The smallest absolute Gasteiger partial charge is 0.00158 e. The van der Waals surface area contributed by atoms with Crippen molar-refractivity contribution in [3.63, 3.8) is 0 Å². The summed E-state index contributed by atoms with van der Waals surface area (Å²) in [4.78, 5) is 4.67. The van der Waals surface area contributed by atoms with Gasteiger partial charge in [-0.15, -0.1) is 19.7 Å². The van der Waals surface area contributed by atoms with Gasteiger partial charge in [-0.3, -0.25) is 0 Å². The average molecular weight is 310 g/mol. The van der Waals surface area contributed by atoms with Crippen LogP contribution in [0.2, 0.25) is 0 Å². The third-order valence-corrected chi connectivity index (χ3v) is 3.25. The highest BCUT2D eigenvalue weighted by Gasteiger charge is 2.07. The Hall–Kier alpha value is -0.900. The molecule has 1 rings (SSSR count). The van der Waals surface area contributed by atoms with E-state index >= 15 is 0 Å². The maximum Gasteiger partial charge on any atom is 0.00158 e. The maximum atomic E-state index is 5.07. The van der Waals surface area contributed by atoms with Gasteiger partial charge in [-0.2, -0.15) is 0 Å². The lowest BCUT2D eigenvalue weighted by atomic mass is 10.1. The SMILES string of the molecule is C=CCCN.C=CCCN(C)C.C=CCCN1CCCCC1.